The maximum absolute atomic E-state index is 13.5. The number of aryl methyl sites for hydroxylation is 2. The van der Waals surface area contributed by atoms with Crippen LogP contribution in [0.5, 0.6) is 5.75 Å². The molecule has 0 saturated heterocycles. The lowest BCUT2D eigenvalue weighted by molar-refractivity contribution is 0.475. The van der Waals surface area contributed by atoms with Crippen LogP contribution < -0.4 is 5.32 Å². The summed E-state index contributed by atoms with van der Waals surface area (Å²) in [6, 6.07) is 10.8. The van der Waals surface area contributed by atoms with E-state index >= 15 is 0 Å². The van der Waals surface area contributed by atoms with E-state index in [0.717, 1.165) is 17.7 Å². The number of rotatable bonds is 4. The first-order chi connectivity index (χ1) is 9.06. The van der Waals surface area contributed by atoms with Crippen molar-refractivity contribution in [1.29, 1.82) is 0 Å². The molecule has 19 heavy (non-hydrogen) atoms. The Morgan fingerprint density at radius 1 is 0.947 bits per heavy atom. The molecule has 100 valence electrons. The highest BCUT2D eigenvalue weighted by Crippen LogP contribution is 2.15. The minimum atomic E-state index is -0.123. The van der Waals surface area contributed by atoms with Gasteiger partial charge in [0.1, 0.15) is 11.6 Å². The molecule has 0 aliphatic carbocycles. The van der Waals surface area contributed by atoms with Gasteiger partial charge in [0.25, 0.3) is 0 Å². The van der Waals surface area contributed by atoms with Gasteiger partial charge in [0.15, 0.2) is 0 Å². The second-order valence-electron chi connectivity index (χ2n) is 4.81. The lowest BCUT2D eigenvalue weighted by Crippen LogP contribution is -2.13. The predicted molar refractivity (Wildman–Crippen MR) is 74.5 cm³/mol. The highest BCUT2D eigenvalue weighted by Gasteiger charge is 2.04. The molecule has 2 nitrogen and oxygen atoms in total. The Balaban J connectivity index is 1.94. The molecule has 0 amide bonds. The average Bonchev–Trinajstić information content (AvgIpc) is 2.38. The van der Waals surface area contributed by atoms with Gasteiger partial charge in [-0.05, 0) is 48.2 Å². The number of aromatic hydroxyl groups is 1. The van der Waals surface area contributed by atoms with E-state index in [1.165, 1.54) is 0 Å². The van der Waals surface area contributed by atoms with Gasteiger partial charge >= 0.3 is 0 Å². The van der Waals surface area contributed by atoms with Gasteiger partial charge in [0.2, 0.25) is 0 Å². The number of phenols is 1. The third-order valence-electron chi connectivity index (χ3n) is 3.09. The molecule has 0 aromatic heterocycles. The molecule has 2 N–H and O–H groups in total. The van der Waals surface area contributed by atoms with Gasteiger partial charge in [0.05, 0.1) is 0 Å². The Hall–Kier alpha value is -1.87. The molecule has 0 heterocycles. The van der Waals surface area contributed by atoms with Crippen molar-refractivity contribution in [2.75, 3.05) is 0 Å². The topological polar surface area (TPSA) is 32.3 Å². The van der Waals surface area contributed by atoms with Gasteiger partial charge in [-0.15, -0.1) is 0 Å². The van der Waals surface area contributed by atoms with Crippen LogP contribution in [-0.4, -0.2) is 5.11 Å². The van der Waals surface area contributed by atoms with Crippen molar-refractivity contribution in [3.05, 3.63) is 64.5 Å². The number of hydrogen-bond donors (Lipinski definition) is 2. The number of benzene rings is 2. The molecule has 0 aliphatic heterocycles. The lowest BCUT2D eigenvalue weighted by Gasteiger charge is -2.08. The summed E-state index contributed by atoms with van der Waals surface area (Å²) >= 11 is 0. The number of halogens is 1. The number of phenolic OH excluding ortho intramolecular Hbond substituents is 1. The molecule has 0 fully saturated rings. The zero-order chi connectivity index (χ0) is 13.8. The van der Waals surface area contributed by atoms with E-state index in [2.05, 4.69) is 5.32 Å². The van der Waals surface area contributed by atoms with Crippen molar-refractivity contribution in [3.8, 4) is 5.75 Å². The second-order valence-corrected chi connectivity index (χ2v) is 4.81. The standard InChI is InChI=1S/C16H18FNO/c1-11-7-14(8-12(2)16(11)17)10-18-9-13-3-5-15(19)6-4-13/h3-8,18-19H,9-10H2,1-2H3. The van der Waals surface area contributed by atoms with Crippen LogP contribution in [0, 0.1) is 19.7 Å². The van der Waals surface area contributed by atoms with Gasteiger partial charge in [0, 0.05) is 13.1 Å². The maximum atomic E-state index is 13.5. The highest BCUT2D eigenvalue weighted by atomic mass is 19.1. The van der Waals surface area contributed by atoms with Crippen LogP contribution in [0.4, 0.5) is 4.39 Å². The molecule has 2 rings (SSSR count). The molecular weight excluding hydrogens is 241 g/mol. The summed E-state index contributed by atoms with van der Waals surface area (Å²) in [6.45, 7) is 4.98. The lowest BCUT2D eigenvalue weighted by atomic mass is 10.1. The van der Waals surface area contributed by atoms with Gasteiger partial charge in [-0.3, -0.25) is 0 Å². The summed E-state index contributed by atoms with van der Waals surface area (Å²) in [5, 5.41) is 12.5. The summed E-state index contributed by atoms with van der Waals surface area (Å²) in [5.74, 6) is 0.149. The van der Waals surface area contributed by atoms with E-state index in [0.29, 0.717) is 17.7 Å². The van der Waals surface area contributed by atoms with Gasteiger partial charge in [-0.25, -0.2) is 4.39 Å². The zero-order valence-electron chi connectivity index (χ0n) is 11.2. The second kappa shape index (κ2) is 5.85. The van der Waals surface area contributed by atoms with Crippen molar-refractivity contribution in [3.63, 3.8) is 0 Å². The summed E-state index contributed by atoms with van der Waals surface area (Å²) in [6.07, 6.45) is 0. The molecule has 0 atom stereocenters. The molecule has 2 aromatic rings. The van der Waals surface area contributed by atoms with E-state index < -0.39 is 0 Å². The van der Waals surface area contributed by atoms with Crippen LogP contribution in [0.3, 0.4) is 0 Å². The Bertz CT molecular complexity index is 540. The van der Waals surface area contributed by atoms with E-state index in [4.69, 9.17) is 0 Å². The zero-order valence-corrected chi connectivity index (χ0v) is 11.2. The number of nitrogens with one attached hydrogen (secondary N) is 1. The van der Waals surface area contributed by atoms with Crippen molar-refractivity contribution in [1.82, 2.24) is 5.32 Å². The fraction of sp³-hybridized carbons (Fsp3) is 0.250. The fourth-order valence-corrected chi connectivity index (χ4v) is 2.10. The Morgan fingerprint density at radius 3 is 2.05 bits per heavy atom. The van der Waals surface area contributed by atoms with Gasteiger partial charge in [-0.2, -0.15) is 0 Å². The van der Waals surface area contributed by atoms with Crippen LogP contribution in [0.2, 0.25) is 0 Å². The van der Waals surface area contributed by atoms with Crippen LogP contribution >= 0.6 is 0 Å². The van der Waals surface area contributed by atoms with E-state index in [1.54, 1.807) is 26.0 Å². The number of hydrogen-bond acceptors (Lipinski definition) is 2. The third-order valence-corrected chi connectivity index (χ3v) is 3.09. The summed E-state index contributed by atoms with van der Waals surface area (Å²) in [5.41, 5.74) is 3.55. The largest absolute Gasteiger partial charge is 0.508 e. The molecule has 0 unspecified atom stereocenters. The molecule has 3 heteroatoms. The average molecular weight is 259 g/mol. The molecule has 0 spiro atoms. The van der Waals surface area contributed by atoms with Crippen LogP contribution in [0.15, 0.2) is 36.4 Å². The monoisotopic (exact) mass is 259 g/mol. The maximum Gasteiger partial charge on any atom is 0.129 e. The van der Waals surface area contributed by atoms with Gasteiger partial charge in [-0.1, -0.05) is 24.3 Å². The molecule has 0 aliphatic rings. The summed E-state index contributed by atoms with van der Waals surface area (Å²) in [4.78, 5) is 0. The quantitative estimate of drug-likeness (QED) is 0.881. The molecule has 0 radical (unpaired) electrons. The Morgan fingerprint density at radius 2 is 1.47 bits per heavy atom. The van der Waals surface area contributed by atoms with E-state index in [9.17, 15) is 9.50 Å². The first-order valence-corrected chi connectivity index (χ1v) is 6.30. The normalized spacial score (nSPS) is 10.7. The predicted octanol–water partition coefficient (Wildman–Crippen LogP) is 3.44. The minimum absolute atomic E-state index is 0.123. The van der Waals surface area contributed by atoms with Crippen molar-refractivity contribution in [2.45, 2.75) is 26.9 Å². The Kier molecular flexibility index (Phi) is 4.17. The first-order valence-electron chi connectivity index (χ1n) is 6.30. The molecule has 2 aromatic carbocycles. The summed E-state index contributed by atoms with van der Waals surface area (Å²) in [7, 11) is 0. The molecule has 0 bridgehead atoms. The van der Waals surface area contributed by atoms with Gasteiger partial charge < -0.3 is 10.4 Å². The third kappa shape index (κ3) is 3.55. The molecule has 0 saturated carbocycles. The van der Waals surface area contributed by atoms with Crippen molar-refractivity contribution in [2.24, 2.45) is 0 Å². The SMILES string of the molecule is Cc1cc(CNCc2ccc(O)cc2)cc(C)c1F. The van der Waals surface area contributed by atoms with Crippen LogP contribution in [0.25, 0.3) is 0 Å². The molecular formula is C16H18FNO. The Labute approximate surface area is 112 Å². The van der Waals surface area contributed by atoms with Crippen molar-refractivity contribution >= 4 is 0 Å². The van der Waals surface area contributed by atoms with E-state index in [1.807, 2.05) is 24.3 Å². The first kappa shape index (κ1) is 13.6. The summed E-state index contributed by atoms with van der Waals surface area (Å²) < 4.78 is 13.5. The smallest absolute Gasteiger partial charge is 0.129 e. The van der Waals surface area contributed by atoms with Crippen LogP contribution in [-0.2, 0) is 13.1 Å². The van der Waals surface area contributed by atoms with E-state index in [-0.39, 0.29) is 11.6 Å². The minimum Gasteiger partial charge on any atom is -0.508 e. The van der Waals surface area contributed by atoms with Crippen LogP contribution in [0.1, 0.15) is 22.3 Å². The highest BCUT2D eigenvalue weighted by molar-refractivity contribution is 5.30. The fourth-order valence-electron chi connectivity index (χ4n) is 2.10. The van der Waals surface area contributed by atoms with Crippen molar-refractivity contribution < 1.29 is 9.50 Å².